The van der Waals surface area contributed by atoms with Crippen molar-refractivity contribution < 1.29 is 9.59 Å². The maximum atomic E-state index is 11.3. The van der Waals surface area contributed by atoms with Crippen molar-refractivity contribution in [3.05, 3.63) is 0 Å². The number of hydrogen-bond donors (Lipinski definition) is 2. The maximum Gasteiger partial charge on any atom is 0.239 e. The molecule has 0 saturated heterocycles. The van der Waals surface area contributed by atoms with E-state index < -0.39 is 0 Å². The molecule has 15 heavy (non-hydrogen) atoms. The van der Waals surface area contributed by atoms with Crippen LogP contribution in [0.1, 0.15) is 46.5 Å². The predicted molar refractivity (Wildman–Crippen MR) is 60.4 cm³/mol. The summed E-state index contributed by atoms with van der Waals surface area (Å²) in [7, 11) is 0. The second-order valence-corrected chi connectivity index (χ2v) is 3.76. The van der Waals surface area contributed by atoms with E-state index in [0.29, 0.717) is 6.42 Å². The first-order chi connectivity index (χ1) is 7.10. The van der Waals surface area contributed by atoms with Crippen LogP contribution in [0.2, 0.25) is 0 Å². The van der Waals surface area contributed by atoms with Crippen molar-refractivity contribution in [1.29, 1.82) is 0 Å². The average molecular weight is 214 g/mol. The number of rotatable bonds is 7. The molecule has 2 N–H and O–H groups in total. The van der Waals surface area contributed by atoms with Gasteiger partial charge in [0.05, 0.1) is 6.54 Å². The lowest BCUT2D eigenvalue weighted by Crippen LogP contribution is -2.40. The van der Waals surface area contributed by atoms with Crippen LogP contribution >= 0.6 is 0 Å². The van der Waals surface area contributed by atoms with Crippen LogP contribution < -0.4 is 10.6 Å². The van der Waals surface area contributed by atoms with E-state index in [1.54, 1.807) is 0 Å². The number of nitrogens with one attached hydrogen (secondary N) is 2. The summed E-state index contributed by atoms with van der Waals surface area (Å²) in [6.45, 7) is 6.07. The van der Waals surface area contributed by atoms with Crippen LogP contribution in [0.25, 0.3) is 0 Å². The summed E-state index contributed by atoms with van der Waals surface area (Å²) in [5.74, 6) is -0.162. The molecule has 0 aromatic heterocycles. The third-order valence-electron chi connectivity index (χ3n) is 2.22. The molecule has 0 aliphatic carbocycles. The molecule has 0 fully saturated rings. The van der Waals surface area contributed by atoms with Gasteiger partial charge in [0.2, 0.25) is 11.8 Å². The van der Waals surface area contributed by atoms with E-state index in [1.807, 2.05) is 20.8 Å². The lowest BCUT2D eigenvalue weighted by Gasteiger charge is -2.11. The van der Waals surface area contributed by atoms with Gasteiger partial charge in [-0.2, -0.15) is 0 Å². The maximum absolute atomic E-state index is 11.3. The largest absolute Gasteiger partial charge is 0.352 e. The van der Waals surface area contributed by atoms with Crippen molar-refractivity contribution in [3.63, 3.8) is 0 Å². The highest BCUT2D eigenvalue weighted by atomic mass is 16.2. The Morgan fingerprint density at radius 3 is 2.40 bits per heavy atom. The number of unbranched alkanes of at least 4 members (excludes halogenated alkanes) is 1. The Hall–Kier alpha value is -1.06. The lowest BCUT2D eigenvalue weighted by atomic mass is 10.2. The zero-order valence-electron chi connectivity index (χ0n) is 9.93. The molecule has 0 aliphatic heterocycles. The van der Waals surface area contributed by atoms with Gasteiger partial charge in [-0.3, -0.25) is 9.59 Å². The molecule has 0 heterocycles. The Bertz CT molecular complexity index is 205. The van der Waals surface area contributed by atoms with Crippen LogP contribution in [-0.2, 0) is 9.59 Å². The number of carbonyl (C=O) groups excluding carboxylic acids is 2. The summed E-state index contributed by atoms with van der Waals surface area (Å²) >= 11 is 0. The quantitative estimate of drug-likeness (QED) is 0.669. The van der Waals surface area contributed by atoms with Crippen LogP contribution in [0, 0.1) is 0 Å². The number of hydrogen-bond acceptors (Lipinski definition) is 2. The molecule has 88 valence electrons. The van der Waals surface area contributed by atoms with E-state index in [1.165, 1.54) is 0 Å². The van der Waals surface area contributed by atoms with E-state index in [2.05, 4.69) is 10.6 Å². The van der Waals surface area contributed by atoms with Crippen molar-refractivity contribution >= 4 is 11.8 Å². The van der Waals surface area contributed by atoms with Crippen LogP contribution in [0.5, 0.6) is 0 Å². The van der Waals surface area contributed by atoms with Gasteiger partial charge in [0, 0.05) is 12.5 Å². The van der Waals surface area contributed by atoms with Crippen molar-refractivity contribution in [2.75, 3.05) is 6.54 Å². The van der Waals surface area contributed by atoms with Gasteiger partial charge in [-0.25, -0.2) is 0 Å². The van der Waals surface area contributed by atoms with E-state index in [-0.39, 0.29) is 24.4 Å². The Morgan fingerprint density at radius 1 is 1.20 bits per heavy atom. The topological polar surface area (TPSA) is 58.2 Å². The van der Waals surface area contributed by atoms with E-state index in [0.717, 1.165) is 19.3 Å². The van der Waals surface area contributed by atoms with Gasteiger partial charge in [0.1, 0.15) is 0 Å². The van der Waals surface area contributed by atoms with Crippen molar-refractivity contribution in [2.24, 2.45) is 0 Å². The molecule has 0 aliphatic rings. The standard InChI is InChI=1S/C11H22N2O2/c1-4-6-7-10(14)12-8-11(15)13-9(3)5-2/h9H,4-8H2,1-3H3,(H,12,14)(H,13,15). The Morgan fingerprint density at radius 2 is 1.87 bits per heavy atom. The van der Waals surface area contributed by atoms with Gasteiger partial charge < -0.3 is 10.6 Å². The lowest BCUT2D eigenvalue weighted by molar-refractivity contribution is -0.126. The molecular formula is C11H22N2O2. The smallest absolute Gasteiger partial charge is 0.239 e. The van der Waals surface area contributed by atoms with Crippen LogP contribution in [-0.4, -0.2) is 24.4 Å². The van der Waals surface area contributed by atoms with E-state index >= 15 is 0 Å². The third kappa shape index (κ3) is 7.97. The predicted octanol–water partition coefficient (Wildman–Crippen LogP) is 1.21. The van der Waals surface area contributed by atoms with Gasteiger partial charge in [-0.15, -0.1) is 0 Å². The average Bonchev–Trinajstić information content (AvgIpc) is 2.23. The highest BCUT2D eigenvalue weighted by Crippen LogP contribution is 1.92. The molecule has 0 rings (SSSR count). The molecule has 0 aromatic rings. The van der Waals surface area contributed by atoms with Crippen LogP contribution in [0.3, 0.4) is 0 Å². The van der Waals surface area contributed by atoms with Gasteiger partial charge >= 0.3 is 0 Å². The highest BCUT2D eigenvalue weighted by Gasteiger charge is 2.06. The second kappa shape index (κ2) is 8.26. The molecule has 2 amide bonds. The van der Waals surface area contributed by atoms with Gasteiger partial charge in [-0.05, 0) is 19.8 Å². The van der Waals surface area contributed by atoms with Gasteiger partial charge in [0.15, 0.2) is 0 Å². The van der Waals surface area contributed by atoms with Crippen molar-refractivity contribution in [2.45, 2.75) is 52.5 Å². The molecular weight excluding hydrogens is 192 g/mol. The molecule has 0 bridgehead atoms. The molecule has 0 aromatic carbocycles. The molecule has 4 heteroatoms. The highest BCUT2D eigenvalue weighted by molar-refractivity contribution is 5.84. The molecule has 0 radical (unpaired) electrons. The first-order valence-electron chi connectivity index (χ1n) is 5.66. The van der Waals surface area contributed by atoms with Crippen molar-refractivity contribution in [3.8, 4) is 0 Å². The fraction of sp³-hybridized carbons (Fsp3) is 0.818. The zero-order chi connectivity index (χ0) is 11.7. The zero-order valence-corrected chi connectivity index (χ0v) is 9.93. The Balaban J connectivity index is 3.57. The summed E-state index contributed by atoms with van der Waals surface area (Å²) in [5, 5.41) is 5.38. The fourth-order valence-electron chi connectivity index (χ4n) is 1.03. The number of amides is 2. The molecule has 4 nitrogen and oxygen atoms in total. The summed E-state index contributed by atoms with van der Waals surface area (Å²) in [6, 6.07) is 0.171. The first kappa shape index (κ1) is 13.9. The number of carbonyl (C=O) groups is 2. The van der Waals surface area contributed by atoms with Crippen molar-refractivity contribution in [1.82, 2.24) is 10.6 Å². The monoisotopic (exact) mass is 214 g/mol. The molecule has 0 saturated carbocycles. The first-order valence-corrected chi connectivity index (χ1v) is 5.66. The van der Waals surface area contributed by atoms with E-state index in [4.69, 9.17) is 0 Å². The normalized spacial score (nSPS) is 11.9. The fourth-order valence-corrected chi connectivity index (χ4v) is 1.03. The minimum atomic E-state index is -0.116. The van der Waals surface area contributed by atoms with Crippen LogP contribution in [0.15, 0.2) is 0 Å². The minimum Gasteiger partial charge on any atom is -0.352 e. The Kier molecular flexibility index (Phi) is 7.68. The molecule has 1 atom stereocenters. The van der Waals surface area contributed by atoms with Crippen LogP contribution in [0.4, 0.5) is 0 Å². The Labute approximate surface area is 91.8 Å². The summed E-state index contributed by atoms with van der Waals surface area (Å²) in [5.41, 5.74) is 0. The summed E-state index contributed by atoms with van der Waals surface area (Å²) < 4.78 is 0. The molecule has 0 spiro atoms. The summed E-state index contributed by atoms with van der Waals surface area (Å²) in [6.07, 6.45) is 3.27. The summed E-state index contributed by atoms with van der Waals surface area (Å²) in [4.78, 5) is 22.4. The minimum absolute atomic E-state index is 0.0452. The SMILES string of the molecule is CCCCC(=O)NCC(=O)NC(C)CC. The van der Waals surface area contributed by atoms with Gasteiger partial charge in [0.25, 0.3) is 0 Å². The second-order valence-electron chi connectivity index (χ2n) is 3.76. The van der Waals surface area contributed by atoms with E-state index in [9.17, 15) is 9.59 Å². The molecule has 1 unspecified atom stereocenters. The third-order valence-corrected chi connectivity index (χ3v) is 2.22. The van der Waals surface area contributed by atoms with Gasteiger partial charge in [-0.1, -0.05) is 20.3 Å².